The second-order valence-corrected chi connectivity index (χ2v) is 9.83. The van der Waals surface area contributed by atoms with Crippen LogP contribution in [0.4, 0.5) is 11.4 Å². The highest BCUT2D eigenvalue weighted by Crippen LogP contribution is 2.58. The molecule has 3 saturated heterocycles. The van der Waals surface area contributed by atoms with Gasteiger partial charge in [-0.05, 0) is 74.7 Å². The van der Waals surface area contributed by atoms with Gasteiger partial charge < -0.3 is 34.9 Å². The van der Waals surface area contributed by atoms with Crippen molar-refractivity contribution in [2.75, 3.05) is 37.5 Å². The number of nitrogens with one attached hydrogen (secondary N) is 2. The third-order valence-corrected chi connectivity index (χ3v) is 7.70. The molecule has 202 valence electrons. The standard InChI is InChI=1S/C28H33N3O7/c1-3-37-20-11-7-17(8-12-20)29-25(33)22-21-13-14-28(38-21)23(22)27(35)31(15-4-16-32)24(28)26(34)30-18-5-9-19(36-2)10-6-18/h5-12,21-24,32H,3-4,13-16H2,1-2H3,(H,29,33)(H,30,34)/t21-,22+,23-,24?,28?/m0/s1. The number of hydrogen-bond donors (Lipinski definition) is 3. The molecule has 2 unspecified atom stereocenters. The predicted molar refractivity (Wildman–Crippen MR) is 139 cm³/mol. The molecule has 1 spiro atoms. The topological polar surface area (TPSA) is 126 Å². The summed E-state index contributed by atoms with van der Waals surface area (Å²) in [6.07, 6.45) is 0.929. The van der Waals surface area contributed by atoms with Gasteiger partial charge in [-0.2, -0.15) is 0 Å². The quantitative estimate of drug-likeness (QED) is 0.437. The smallest absolute Gasteiger partial charge is 0.250 e. The average molecular weight is 524 g/mol. The molecular weight excluding hydrogens is 490 g/mol. The number of aliphatic hydroxyl groups is 1. The predicted octanol–water partition coefficient (Wildman–Crippen LogP) is 2.43. The van der Waals surface area contributed by atoms with Crippen LogP contribution in [0.5, 0.6) is 11.5 Å². The average Bonchev–Trinajstić information content (AvgIpc) is 3.56. The highest BCUT2D eigenvalue weighted by Gasteiger charge is 2.74. The Kier molecular flexibility index (Phi) is 7.27. The maximum absolute atomic E-state index is 13.8. The highest BCUT2D eigenvalue weighted by atomic mass is 16.5. The van der Waals surface area contributed by atoms with Crippen LogP contribution in [0.25, 0.3) is 0 Å². The number of carbonyl (C=O) groups excluding carboxylic acids is 3. The summed E-state index contributed by atoms with van der Waals surface area (Å²) in [6, 6.07) is 13.1. The molecule has 3 aliphatic heterocycles. The Labute approximate surface area is 221 Å². The van der Waals surface area contributed by atoms with Crippen LogP contribution in [0.3, 0.4) is 0 Å². The van der Waals surface area contributed by atoms with E-state index in [1.54, 1.807) is 55.6 Å². The zero-order chi connectivity index (χ0) is 26.9. The first-order valence-electron chi connectivity index (χ1n) is 13.0. The van der Waals surface area contributed by atoms with Gasteiger partial charge in [-0.15, -0.1) is 0 Å². The number of carbonyl (C=O) groups is 3. The fourth-order valence-corrected chi connectivity index (χ4v) is 6.15. The SMILES string of the molecule is CCOc1ccc(NC(=O)[C@@H]2[C@@H]3CCC4(O3)C(C(=O)Nc3ccc(OC)cc3)N(CCCO)C(=O)[C@H]24)cc1. The first-order chi connectivity index (χ1) is 18.4. The third kappa shape index (κ3) is 4.48. The van der Waals surface area contributed by atoms with Gasteiger partial charge in [0.25, 0.3) is 0 Å². The van der Waals surface area contributed by atoms with Crippen molar-refractivity contribution >= 4 is 29.1 Å². The zero-order valence-electron chi connectivity index (χ0n) is 21.5. The lowest BCUT2D eigenvalue weighted by Crippen LogP contribution is -2.53. The van der Waals surface area contributed by atoms with E-state index in [9.17, 15) is 19.5 Å². The fourth-order valence-electron chi connectivity index (χ4n) is 6.15. The van der Waals surface area contributed by atoms with Gasteiger partial charge >= 0.3 is 0 Å². The second kappa shape index (κ2) is 10.6. The van der Waals surface area contributed by atoms with Crippen LogP contribution >= 0.6 is 0 Å². The molecule has 3 fully saturated rings. The minimum absolute atomic E-state index is 0.126. The molecule has 2 aromatic rings. The van der Waals surface area contributed by atoms with Gasteiger partial charge in [0.15, 0.2) is 0 Å². The summed E-state index contributed by atoms with van der Waals surface area (Å²) in [5, 5.41) is 15.3. The van der Waals surface area contributed by atoms with Crippen LogP contribution < -0.4 is 20.1 Å². The van der Waals surface area contributed by atoms with E-state index in [2.05, 4.69) is 10.6 Å². The fraction of sp³-hybridized carbons (Fsp3) is 0.464. The van der Waals surface area contributed by atoms with Gasteiger partial charge in [0, 0.05) is 24.5 Å². The monoisotopic (exact) mass is 523 g/mol. The minimum Gasteiger partial charge on any atom is -0.497 e. The van der Waals surface area contributed by atoms with Crippen molar-refractivity contribution in [3.63, 3.8) is 0 Å². The number of nitrogens with zero attached hydrogens (tertiary/aromatic N) is 1. The van der Waals surface area contributed by atoms with Crippen LogP contribution in [0.15, 0.2) is 48.5 Å². The Morgan fingerprint density at radius 1 is 1.05 bits per heavy atom. The zero-order valence-corrected chi connectivity index (χ0v) is 21.5. The molecule has 10 heteroatoms. The number of ether oxygens (including phenoxy) is 3. The molecule has 2 aromatic carbocycles. The van der Waals surface area contributed by atoms with Gasteiger partial charge in [0.05, 0.1) is 31.7 Å². The van der Waals surface area contributed by atoms with E-state index in [0.29, 0.717) is 48.7 Å². The van der Waals surface area contributed by atoms with Crippen molar-refractivity contribution < 1.29 is 33.7 Å². The van der Waals surface area contributed by atoms with Gasteiger partial charge in [-0.1, -0.05) is 0 Å². The van der Waals surface area contributed by atoms with Crippen molar-refractivity contribution in [2.45, 2.75) is 43.9 Å². The summed E-state index contributed by atoms with van der Waals surface area (Å²) < 4.78 is 17.1. The Balaban J connectivity index is 1.39. The second-order valence-electron chi connectivity index (χ2n) is 9.83. The number of hydrogen-bond acceptors (Lipinski definition) is 7. The minimum atomic E-state index is -1.10. The highest BCUT2D eigenvalue weighted by molar-refractivity contribution is 6.05. The number of likely N-dealkylation sites (tertiary alicyclic amines) is 1. The van der Waals surface area contributed by atoms with Gasteiger partial charge in [0.2, 0.25) is 17.7 Å². The number of aliphatic hydroxyl groups excluding tert-OH is 1. The number of rotatable bonds is 10. The molecule has 0 aromatic heterocycles. The van der Waals surface area contributed by atoms with Crippen LogP contribution in [0.2, 0.25) is 0 Å². The molecular formula is C28H33N3O7. The Hall–Kier alpha value is -3.63. The normalized spacial score (nSPS) is 27.2. The number of anilines is 2. The number of amides is 3. The molecule has 3 N–H and O–H groups in total. The summed E-state index contributed by atoms with van der Waals surface area (Å²) in [4.78, 5) is 42.4. The summed E-state index contributed by atoms with van der Waals surface area (Å²) in [5.41, 5.74) is 0.0448. The van der Waals surface area contributed by atoms with Crippen LogP contribution in [-0.4, -0.2) is 72.3 Å². The first kappa shape index (κ1) is 26.0. The molecule has 0 radical (unpaired) electrons. The summed E-state index contributed by atoms with van der Waals surface area (Å²) >= 11 is 0. The molecule has 38 heavy (non-hydrogen) atoms. The molecule has 3 heterocycles. The van der Waals surface area contributed by atoms with E-state index in [0.717, 1.165) is 0 Å². The summed E-state index contributed by atoms with van der Waals surface area (Å²) in [7, 11) is 1.56. The van der Waals surface area contributed by atoms with Crippen molar-refractivity contribution in [1.82, 2.24) is 4.90 Å². The Bertz CT molecular complexity index is 1190. The molecule has 2 bridgehead atoms. The van der Waals surface area contributed by atoms with E-state index in [1.165, 1.54) is 4.90 Å². The van der Waals surface area contributed by atoms with E-state index in [1.807, 2.05) is 6.92 Å². The summed E-state index contributed by atoms with van der Waals surface area (Å²) in [5.74, 6) is -1.13. The van der Waals surface area contributed by atoms with Crippen LogP contribution in [-0.2, 0) is 19.1 Å². The number of fused-ring (bicyclic) bond motifs is 1. The summed E-state index contributed by atoms with van der Waals surface area (Å²) in [6.45, 7) is 2.50. The van der Waals surface area contributed by atoms with Crippen molar-refractivity contribution in [3.8, 4) is 11.5 Å². The number of methoxy groups -OCH3 is 1. The molecule has 5 atom stereocenters. The maximum Gasteiger partial charge on any atom is 0.250 e. The Morgan fingerprint density at radius 2 is 1.68 bits per heavy atom. The lowest BCUT2D eigenvalue weighted by atomic mass is 9.70. The largest absolute Gasteiger partial charge is 0.497 e. The van der Waals surface area contributed by atoms with Gasteiger partial charge in [-0.3, -0.25) is 14.4 Å². The van der Waals surface area contributed by atoms with E-state index in [4.69, 9.17) is 14.2 Å². The first-order valence-corrected chi connectivity index (χ1v) is 13.0. The van der Waals surface area contributed by atoms with Crippen molar-refractivity contribution in [3.05, 3.63) is 48.5 Å². The molecule has 3 aliphatic rings. The van der Waals surface area contributed by atoms with E-state index >= 15 is 0 Å². The Morgan fingerprint density at radius 3 is 2.29 bits per heavy atom. The number of benzene rings is 2. The molecule has 10 nitrogen and oxygen atoms in total. The van der Waals surface area contributed by atoms with Crippen molar-refractivity contribution in [1.29, 1.82) is 0 Å². The maximum atomic E-state index is 13.8. The van der Waals surface area contributed by atoms with E-state index in [-0.39, 0.29) is 30.9 Å². The van der Waals surface area contributed by atoms with Crippen LogP contribution in [0, 0.1) is 11.8 Å². The van der Waals surface area contributed by atoms with Gasteiger partial charge in [0.1, 0.15) is 23.1 Å². The molecule has 5 rings (SSSR count). The van der Waals surface area contributed by atoms with Crippen LogP contribution in [0.1, 0.15) is 26.2 Å². The van der Waals surface area contributed by atoms with Crippen molar-refractivity contribution in [2.24, 2.45) is 11.8 Å². The van der Waals surface area contributed by atoms with Gasteiger partial charge in [-0.25, -0.2) is 0 Å². The molecule has 3 amide bonds. The lowest BCUT2D eigenvalue weighted by Gasteiger charge is -2.33. The molecule has 0 aliphatic carbocycles. The molecule has 0 saturated carbocycles. The van der Waals surface area contributed by atoms with E-state index < -0.39 is 29.6 Å². The third-order valence-electron chi connectivity index (χ3n) is 7.70. The lowest BCUT2D eigenvalue weighted by molar-refractivity contribution is -0.139.